The maximum atomic E-state index is 12.4. The molecular formula is C17H16N2O3S. The third kappa shape index (κ3) is 3.27. The molecule has 0 spiro atoms. The monoisotopic (exact) mass is 328 g/mol. The lowest BCUT2D eigenvalue weighted by atomic mass is 10.2. The van der Waals surface area contributed by atoms with Gasteiger partial charge in [0, 0.05) is 6.54 Å². The van der Waals surface area contributed by atoms with Crippen molar-refractivity contribution < 1.29 is 14.3 Å². The zero-order valence-corrected chi connectivity index (χ0v) is 13.4. The molecule has 2 aromatic heterocycles. The number of benzene rings is 1. The van der Waals surface area contributed by atoms with Gasteiger partial charge in [-0.3, -0.25) is 9.59 Å². The fourth-order valence-electron chi connectivity index (χ4n) is 2.42. The first-order valence-corrected chi connectivity index (χ1v) is 8.02. The summed E-state index contributed by atoms with van der Waals surface area (Å²) in [6.07, 6.45) is 0. The number of esters is 1. The van der Waals surface area contributed by atoms with Crippen LogP contribution in [0.1, 0.15) is 16.1 Å². The molecule has 23 heavy (non-hydrogen) atoms. The number of carbonyl (C=O) groups is 2. The molecule has 6 heteroatoms. The van der Waals surface area contributed by atoms with E-state index in [4.69, 9.17) is 0 Å². The van der Waals surface area contributed by atoms with E-state index < -0.39 is 5.97 Å². The molecule has 0 unspecified atom stereocenters. The van der Waals surface area contributed by atoms with Crippen molar-refractivity contribution in [1.82, 2.24) is 9.88 Å². The fourth-order valence-corrected chi connectivity index (χ4v) is 3.24. The fraction of sp³-hybridized carbons (Fsp3) is 0.176. The summed E-state index contributed by atoms with van der Waals surface area (Å²) in [5, 5.41) is 4.60. The molecule has 3 aromatic rings. The van der Waals surface area contributed by atoms with Gasteiger partial charge in [-0.25, -0.2) is 0 Å². The average molecular weight is 328 g/mol. The minimum absolute atomic E-state index is 0.139. The third-order valence-corrected chi connectivity index (χ3v) is 4.41. The molecule has 0 aliphatic heterocycles. The molecule has 0 fully saturated rings. The van der Waals surface area contributed by atoms with Gasteiger partial charge in [0.05, 0.1) is 17.3 Å². The van der Waals surface area contributed by atoms with Crippen molar-refractivity contribution in [1.29, 1.82) is 0 Å². The summed E-state index contributed by atoms with van der Waals surface area (Å²) in [7, 11) is 1.29. The molecule has 0 saturated carbocycles. The summed E-state index contributed by atoms with van der Waals surface area (Å²) in [4.78, 5) is 23.6. The second-order valence-electron chi connectivity index (χ2n) is 5.03. The van der Waals surface area contributed by atoms with Crippen LogP contribution in [0.25, 0.3) is 10.2 Å². The first-order chi connectivity index (χ1) is 11.2. The number of amides is 1. The molecule has 5 nitrogen and oxygen atoms in total. The van der Waals surface area contributed by atoms with Crippen LogP contribution in [0.4, 0.5) is 0 Å². The number of thiophene rings is 1. The number of hydrogen-bond acceptors (Lipinski definition) is 4. The van der Waals surface area contributed by atoms with Crippen molar-refractivity contribution >= 4 is 33.4 Å². The van der Waals surface area contributed by atoms with Gasteiger partial charge in [-0.2, -0.15) is 0 Å². The second-order valence-corrected chi connectivity index (χ2v) is 5.98. The van der Waals surface area contributed by atoms with E-state index >= 15 is 0 Å². The minimum Gasteiger partial charge on any atom is -0.468 e. The average Bonchev–Trinajstić information content (AvgIpc) is 3.16. The molecule has 0 atom stereocenters. The van der Waals surface area contributed by atoms with Gasteiger partial charge < -0.3 is 14.6 Å². The number of methoxy groups -OCH3 is 1. The van der Waals surface area contributed by atoms with Crippen LogP contribution in [0.3, 0.4) is 0 Å². The van der Waals surface area contributed by atoms with E-state index in [1.165, 1.54) is 7.11 Å². The molecule has 118 valence electrons. The van der Waals surface area contributed by atoms with Gasteiger partial charge in [0.15, 0.2) is 0 Å². The van der Waals surface area contributed by atoms with Gasteiger partial charge in [-0.05, 0) is 23.1 Å². The lowest BCUT2D eigenvalue weighted by molar-refractivity contribution is -0.139. The largest absolute Gasteiger partial charge is 0.468 e. The Labute approximate surface area is 137 Å². The van der Waals surface area contributed by atoms with Crippen molar-refractivity contribution in [2.75, 3.05) is 13.7 Å². The number of fused-ring (bicyclic) bond motifs is 1. The predicted molar refractivity (Wildman–Crippen MR) is 89.7 cm³/mol. The van der Waals surface area contributed by atoms with Crippen molar-refractivity contribution in [2.24, 2.45) is 0 Å². The molecule has 0 radical (unpaired) electrons. The number of hydrogen-bond donors (Lipinski definition) is 1. The number of nitrogens with one attached hydrogen (secondary N) is 1. The lowest BCUT2D eigenvalue weighted by Gasteiger charge is -2.10. The van der Waals surface area contributed by atoms with E-state index in [0.717, 1.165) is 15.8 Å². The molecule has 1 N–H and O–H groups in total. The van der Waals surface area contributed by atoms with Gasteiger partial charge >= 0.3 is 5.97 Å². The molecule has 1 aromatic carbocycles. The van der Waals surface area contributed by atoms with E-state index in [1.807, 2.05) is 52.4 Å². The molecule has 0 aliphatic carbocycles. The number of ether oxygens (including phenoxy) is 1. The molecule has 0 saturated heterocycles. The van der Waals surface area contributed by atoms with Crippen LogP contribution < -0.4 is 5.32 Å². The lowest BCUT2D eigenvalue weighted by Crippen LogP contribution is -2.31. The smallest absolute Gasteiger partial charge is 0.325 e. The predicted octanol–water partition coefficient (Wildman–Crippen LogP) is 2.65. The summed E-state index contributed by atoms with van der Waals surface area (Å²) in [6.45, 7) is 0.460. The highest BCUT2D eigenvalue weighted by molar-refractivity contribution is 7.17. The number of nitrogens with zero attached hydrogens (tertiary/aromatic N) is 1. The highest BCUT2D eigenvalue weighted by atomic mass is 32.1. The number of carbonyl (C=O) groups excluding carboxylic acids is 2. The summed E-state index contributed by atoms with van der Waals surface area (Å²) >= 11 is 1.59. The maximum absolute atomic E-state index is 12.4. The van der Waals surface area contributed by atoms with E-state index in [-0.39, 0.29) is 12.5 Å². The Bertz CT molecular complexity index is 836. The normalized spacial score (nSPS) is 10.7. The minimum atomic E-state index is -0.471. The summed E-state index contributed by atoms with van der Waals surface area (Å²) in [5.41, 5.74) is 2.67. The van der Waals surface area contributed by atoms with E-state index in [0.29, 0.717) is 12.2 Å². The van der Waals surface area contributed by atoms with Crippen molar-refractivity contribution in [2.45, 2.75) is 6.54 Å². The molecule has 1 amide bonds. The molecule has 3 rings (SSSR count). The Balaban J connectivity index is 1.90. The molecule has 2 heterocycles. The van der Waals surface area contributed by atoms with Gasteiger partial charge in [0.25, 0.3) is 5.91 Å². The second kappa shape index (κ2) is 6.66. The highest BCUT2D eigenvalue weighted by Gasteiger charge is 2.17. The summed E-state index contributed by atoms with van der Waals surface area (Å²) in [5.74, 6) is -0.754. The molecular weight excluding hydrogens is 312 g/mol. The standard InChI is InChI=1S/C17H16N2O3S/c1-22-16(20)10-18-17(21)14-9-15-13(7-8-23-15)19(14)11-12-5-3-2-4-6-12/h2-9H,10-11H2,1H3,(H,18,21). The molecule has 0 bridgehead atoms. The quantitative estimate of drug-likeness (QED) is 0.733. The molecule has 0 aliphatic rings. The summed E-state index contributed by atoms with van der Waals surface area (Å²) < 4.78 is 7.56. The zero-order valence-electron chi connectivity index (χ0n) is 12.6. The Hall–Kier alpha value is -2.60. The summed E-state index contributed by atoms with van der Waals surface area (Å²) in [6, 6.07) is 13.8. The van der Waals surface area contributed by atoms with Crippen molar-refractivity contribution in [3.63, 3.8) is 0 Å². The number of rotatable bonds is 5. The zero-order chi connectivity index (χ0) is 16.2. The van der Waals surface area contributed by atoms with Crippen LogP contribution in [0.2, 0.25) is 0 Å². The van der Waals surface area contributed by atoms with Gasteiger partial charge in [0.1, 0.15) is 12.2 Å². The van der Waals surface area contributed by atoms with Crippen molar-refractivity contribution in [3.8, 4) is 0 Å². The van der Waals surface area contributed by atoms with Crippen LogP contribution in [0, 0.1) is 0 Å². The Morgan fingerprint density at radius 1 is 1.22 bits per heavy atom. The van der Waals surface area contributed by atoms with Gasteiger partial charge in [-0.15, -0.1) is 11.3 Å². The Morgan fingerprint density at radius 3 is 2.74 bits per heavy atom. The topological polar surface area (TPSA) is 60.3 Å². The van der Waals surface area contributed by atoms with Crippen molar-refractivity contribution in [3.05, 3.63) is 59.1 Å². The van der Waals surface area contributed by atoms with E-state index in [2.05, 4.69) is 10.1 Å². The third-order valence-electron chi connectivity index (χ3n) is 3.56. The van der Waals surface area contributed by atoms with Crippen LogP contribution in [0.15, 0.2) is 47.8 Å². The van der Waals surface area contributed by atoms with Crippen LogP contribution in [-0.2, 0) is 16.1 Å². The first-order valence-electron chi connectivity index (χ1n) is 7.14. The highest BCUT2D eigenvalue weighted by Crippen LogP contribution is 2.26. The van der Waals surface area contributed by atoms with E-state index in [1.54, 1.807) is 11.3 Å². The van der Waals surface area contributed by atoms with Crippen LogP contribution in [-0.4, -0.2) is 30.1 Å². The number of aromatic nitrogens is 1. The first kappa shape index (κ1) is 15.3. The Kier molecular flexibility index (Phi) is 4.43. The maximum Gasteiger partial charge on any atom is 0.325 e. The van der Waals surface area contributed by atoms with Crippen LogP contribution in [0.5, 0.6) is 0 Å². The van der Waals surface area contributed by atoms with Gasteiger partial charge in [-0.1, -0.05) is 30.3 Å². The SMILES string of the molecule is COC(=O)CNC(=O)c1cc2sccc2n1Cc1ccccc1. The Morgan fingerprint density at radius 2 is 2.00 bits per heavy atom. The van der Waals surface area contributed by atoms with Crippen LogP contribution >= 0.6 is 11.3 Å². The van der Waals surface area contributed by atoms with Gasteiger partial charge in [0.2, 0.25) is 0 Å². The van der Waals surface area contributed by atoms with E-state index in [9.17, 15) is 9.59 Å².